The second kappa shape index (κ2) is 5.17. The molecule has 1 aromatic carbocycles. The Hall–Kier alpha value is -2.02. The summed E-state index contributed by atoms with van der Waals surface area (Å²) in [5.41, 5.74) is 2.27. The van der Waals surface area contributed by atoms with Crippen molar-refractivity contribution in [2.75, 3.05) is 0 Å². The Bertz CT molecular complexity index is 476. The summed E-state index contributed by atoms with van der Waals surface area (Å²) in [7, 11) is 0. The predicted molar refractivity (Wildman–Crippen MR) is 68.1 cm³/mol. The lowest BCUT2D eigenvalue weighted by Gasteiger charge is -1.97. The monoisotopic (exact) mass is 210 g/mol. The Kier molecular flexibility index (Phi) is 3.39. The lowest BCUT2D eigenvalue weighted by atomic mass is 10.1. The molecule has 1 aromatic rings. The molecule has 1 heteroatoms. The first-order valence-electron chi connectivity index (χ1n) is 5.34. The first-order valence-corrected chi connectivity index (χ1v) is 5.34. The normalized spacial score (nSPS) is 15.1. The van der Waals surface area contributed by atoms with Gasteiger partial charge in [0, 0.05) is 0 Å². The minimum atomic E-state index is 0.303. The van der Waals surface area contributed by atoms with E-state index in [1.807, 2.05) is 36.4 Å². The number of phenolic OH excluding ortho intramolecular Hbond substituents is 1. The minimum absolute atomic E-state index is 0.303. The van der Waals surface area contributed by atoms with Gasteiger partial charge < -0.3 is 5.11 Å². The topological polar surface area (TPSA) is 20.2 Å². The van der Waals surface area contributed by atoms with Gasteiger partial charge >= 0.3 is 0 Å². The first-order chi connectivity index (χ1) is 7.84. The van der Waals surface area contributed by atoms with Crippen LogP contribution in [0.1, 0.15) is 12.0 Å². The van der Waals surface area contributed by atoms with Crippen LogP contribution >= 0.6 is 0 Å². The van der Waals surface area contributed by atoms with Crippen molar-refractivity contribution >= 4 is 6.08 Å². The Morgan fingerprint density at radius 1 is 1.06 bits per heavy atom. The third-order valence-electron chi connectivity index (χ3n) is 2.38. The molecule has 80 valence electrons. The molecule has 0 saturated carbocycles. The summed E-state index contributed by atoms with van der Waals surface area (Å²) in [6, 6.07) is 7.24. The lowest BCUT2D eigenvalue weighted by Crippen LogP contribution is -1.75. The van der Waals surface area contributed by atoms with Crippen LogP contribution in [0.3, 0.4) is 0 Å². The summed E-state index contributed by atoms with van der Waals surface area (Å²) in [4.78, 5) is 0. The molecule has 0 spiro atoms. The highest BCUT2D eigenvalue weighted by Crippen LogP contribution is 2.15. The van der Waals surface area contributed by atoms with Crippen molar-refractivity contribution < 1.29 is 5.11 Å². The van der Waals surface area contributed by atoms with E-state index >= 15 is 0 Å². The third-order valence-corrected chi connectivity index (χ3v) is 2.38. The van der Waals surface area contributed by atoms with Crippen molar-refractivity contribution in [2.45, 2.75) is 6.42 Å². The molecular weight excluding hydrogens is 196 g/mol. The molecule has 1 aliphatic rings. The van der Waals surface area contributed by atoms with Gasteiger partial charge in [0.1, 0.15) is 5.75 Å². The van der Waals surface area contributed by atoms with E-state index in [9.17, 15) is 5.11 Å². The van der Waals surface area contributed by atoms with Crippen LogP contribution in [0.25, 0.3) is 6.08 Å². The average molecular weight is 210 g/mol. The van der Waals surface area contributed by atoms with E-state index in [-0.39, 0.29) is 0 Å². The average Bonchev–Trinajstić information content (AvgIpc) is 2.55. The molecule has 0 radical (unpaired) electrons. The molecule has 1 nitrogen and oxygen atoms in total. The summed E-state index contributed by atoms with van der Waals surface area (Å²) in [6.45, 7) is 0. The number of rotatable bonds is 2. The molecule has 0 fully saturated rings. The molecule has 0 aliphatic heterocycles. The predicted octanol–water partition coefficient (Wildman–Crippen LogP) is 3.85. The second-order valence-electron chi connectivity index (χ2n) is 3.69. The van der Waals surface area contributed by atoms with Gasteiger partial charge in [0.2, 0.25) is 0 Å². The summed E-state index contributed by atoms with van der Waals surface area (Å²) >= 11 is 0. The molecule has 0 bridgehead atoms. The van der Waals surface area contributed by atoms with Gasteiger partial charge in [-0.15, -0.1) is 0 Å². The van der Waals surface area contributed by atoms with Gasteiger partial charge in [-0.05, 0) is 29.7 Å². The van der Waals surface area contributed by atoms with Crippen molar-refractivity contribution in [1.82, 2.24) is 0 Å². The van der Waals surface area contributed by atoms with Crippen LogP contribution in [0, 0.1) is 0 Å². The van der Waals surface area contributed by atoms with E-state index in [1.54, 1.807) is 12.1 Å². The van der Waals surface area contributed by atoms with Gasteiger partial charge in [-0.3, -0.25) is 0 Å². The van der Waals surface area contributed by atoms with Gasteiger partial charge in [-0.1, -0.05) is 54.7 Å². The maximum Gasteiger partial charge on any atom is 0.116 e. The zero-order chi connectivity index (χ0) is 11.2. The summed E-state index contributed by atoms with van der Waals surface area (Å²) in [5, 5.41) is 9.32. The van der Waals surface area contributed by atoms with Gasteiger partial charge in [0.25, 0.3) is 0 Å². The molecule has 0 unspecified atom stereocenters. The van der Waals surface area contributed by atoms with E-state index in [2.05, 4.69) is 18.2 Å². The zero-order valence-electron chi connectivity index (χ0n) is 9.01. The number of benzene rings is 1. The van der Waals surface area contributed by atoms with E-state index in [4.69, 9.17) is 0 Å². The van der Waals surface area contributed by atoms with Crippen molar-refractivity contribution in [2.24, 2.45) is 0 Å². The fourth-order valence-electron chi connectivity index (χ4n) is 1.55. The number of hydrogen-bond acceptors (Lipinski definition) is 1. The SMILES string of the molecule is Oc1cccc(/C=C/C2=CC=CC=CC2)c1. The molecule has 0 atom stereocenters. The van der Waals surface area contributed by atoms with Crippen LogP contribution < -0.4 is 0 Å². The summed E-state index contributed by atoms with van der Waals surface area (Å²) in [5.74, 6) is 0.303. The number of phenols is 1. The van der Waals surface area contributed by atoms with Crippen LogP contribution in [0.15, 0.2) is 66.3 Å². The largest absolute Gasteiger partial charge is 0.508 e. The highest BCUT2D eigenvalue weighted by atomic mass is 16.3. The van der Waals surface area contributed by atoms with Gasteiger partial charge in [0.05, 0.1) is 0 Å². The molecule has 2 rings (SSSR count). The highest BCUT2D eigenvalue weighted by molar-refractivity contribution is 5.55. The Labute approximate surface area is 95.7 Å². The van der Waals surface area contributed by atoms with Crippen LogP contribution in [0.5, 0.6) is 5.75 Å². The lowest BCUT2D eigenvalue weighted by molar-refractivity contribution is 0.475. The molecular formula is C15H14O. The van der Waals surface area contributed by atoms with Crippen LogP contribution in [-0.2, 0) is 0 Å². The van der Waals surface area contributed by atoms with Crippen LogP contribution in [0.4, 0.5) is 0 Å². The van der Waals surface area contributed by atoms with E-state index in [1.165, 1.54) is 5.57 Å². The zero-order valence-corrected chi connectivity index (χ0v) is 9.01. The van der Waals surface area contributed by atoms with Crippen LogP contribution in [0.2, 0.25) is 0 Å². The highest BCUT2D eigenvalue weighted by Gasteiger charge is 1.92. The number of allylic oxidation sites excluding steroid dienone is 7. The molecule has 0 saturated heterocycles. The minimum Gasteiger partial charge on any atom is -0.508 e. The summed E-state index contributed by atoms with van der Waals surface area (Å²) in [6.07, 6.45) is 15.4. The van der Waals surface area contributed by atoms with Crippen LogP contribution in [-0.4, -0.2) is 5.11 Å². The Morgan fingerprint density at radius 2 is 2.00 bits per heavy atom. The van der Waals surface area contributed by atoms with E-state index in [0.29, 0.717) is 5.75 Å². The Morgan fingerprint density at radius 3 is 2.88 bits per heavy atom. The molecule has 16 heavy (non-hydrogen) atoms. The van der Waals surface area contributed by atoms with Crippen molar-refractivity contribution in [3.8, 4) is 5.75 Å². The number of hydrogen-bond donors (Lipinski definition) is 1. The molecule has 1 aliphatic carbocycles. The molecule has 0 heterocycles. The van der Waals surface area contributed by atoms with Crippen molar-refractivity contribution in [3.63, 3.8) is 0 Å². The molecule has 1 N–H and O–H groups in total. The second-order valence-corrected chi connectivity index (χ2v) is 3.69. The standard InChI is InChI=1S/C15H14O/c16-15-9-5-8-14(12-15)11-10-13-6-3-1-2-4-7-13/h1-6,8-12,16H,7H2/b11-10+. The molecule has 0 aromatic heterocycles. The maximum absolute atomic E-state index is 9.32. The Balaban J connectivity index is 2.12. The quantitative estimate of drug-likeness (QED) is 0.786. The van der Waals surface area contributed by atoms with Crippen molar-refractivity contribution in [3.05, 3.63) is 71.9 Å². The smallest absolute Gasteiger partial charge is 0.116 e. The fraction of sp³-hybridized carbons (Fsp3) is 0.0667. The van der Waals surface area contributed by atoms with Gasteiger partial charge in [0.15, 0.2) is 0 Å². The van der Waals surface area contributed by atoms with Gasteiger partial charge in [-0.25, -0.2) is 0 Å². The van der Waals surface area contributed by atoms with Crippen molar-refractivity contribution in [1.29, 1.82) is 0 Å². The number of aromatic hydroxyl groups is 1. The fourth-order valence-corrected chi connectivity index (χ4v) is 1.55. The van der Waals surface area contributed by atoms with Gasteiger partial charge in [-0.2, -0.15) is 0 Å². The maximum atomic E-state index is 9.32. The van der Waals surface area contributed by atoms with E-state index in [0.717, 1.165) is 12.0 Å². The first kappa shape index (κ1) is 10.5. The molecule has 0 amide bonds. The summed E-state index contributed by atoms with van der Waals surface area (Å²) < 4.78 is 0. The third kappa shape index (κ3) is 2.99. The van der Waals surface area contributed by atoms with E-state index < -0.39 is 0 Å².